The molecule has 3 nitrogen and oxygen atoms in total. The predicted octanol–water partition coefficient (Wildman–Crippen LogP) is 0.000400. The Kier molecular flexibility index (Phi) is 1.41. The first-order valence-corrected chi connectivity index (χ1v) is 3.01. The third-order valence-electron chi connectivity index (χ3n) is 0.642. The van der Waals surface area contributed by atoms with E-state index in [4.69, 9.17) is 0 Å². The molecule has 42 valence electrons. The van der Waals surface area contributed by atoms with Crippen LogP contribution in [0.3, 0.4) is 0 Å². The van der Waals surface area contributed by atoms with Gasteiger partial charge in [-0.15, -0.1) is 0 Å². The summed E-state index contributed by atoms with van der Waals surface area (Å²) in [7, 11) is 0. The van der Waals surface area contributed by atoms with Gasteiger partial charge in [0.2, 0.25) is 0 Å². The molecule has 1 aliphatic rings. The maximum atomic E-state index is 10.1. The normalized spacial score (nSPS) is 41.9. The van der Waals surface area contributed by atoms with Crippen molar-refractivity contribution in [2.24, 2.45) is 0 Å². The highest BCUT2D eigenvalue weighted by Crippen LogP contribution is 2.05. The topological polar surface area (TPSA) is 35.5 Å². The molecule has 0 saturated carbocycles. The Morgan fingerprint density at radius 3 is 2.71 bits per heavy atom. The van der Waals surface area contributed by atoms with E-state index >= 15 is 0 Å². The van der Waals surface area contributed by atoms with Crippen molar-refractivity contribution in [1.29, 1.82) is 0 Å². The molecule has 1 unspecified atom stereocenters. The summed E-state index contributed by atoms with van der Waals surface area (Å²) in [5, 5.41) is 0. The Hall–Kier alpha value is 0.0700. The maximum absolute atomic E-state index is 10.1. The predicted molar refractivity (Wildman–Crippen MR) is 24.6 cm³/mol. The van der Waals surface area contributed by atoms with Crippen molar-refractivity contribution in [3.8, 4) is 0 Å². The van der Waals surface area contributed by atoms with Crippen molar-refractivity contribution in [3.05, 3.63) is 0 Å². The molecule has 0 aromatic carbocycles. The Labute approximate surface area is 44.5 Å². The molecule has 1 heterocycles. The molecule has 1 aliphatic heterocycles. The molecule has 1 fully saturated rings. The molecule has 0 aliphatic carbocycles. The van der Waals surface area contributed by atoms with Crippen LogP contribution in [-0.4, -0.2) is 16.9 Å². The molecular formula is C3H6O3S. The zero-order valence-corrected chi connectivity index (χ0v) is 4.73. The molecule has 2 atom stereocenters. The van der Waals surface area contributed by atoms with E-state index in [2.05, 4.69) is 8.37 Å². The fourth-order valence-corrected chi connectivity index (χ4v) is 1.02. The lowest BCUT2D eigenvalue weighted by Gasteiger charge is -1.88. The van der Waals surface area contributed by atoms with Crippen LogP contribution in [0.15, 0.2) is 0 Å². The summed E-state index contributed by atoms with van der Waals surface area (Å²) in [5.41, 5.74) is 0. The molecule has 0 aromatic heterocycles. The third-order valence-corrected chi connectivity index (χ3v) is 1.46. The Balaban J connectivity index is 2.40. The van der Waals surface area contributed by atoms with Crippen molar-refractivity contribution in [3.63, 3.8) is 0 Å². The second kappa shape index (κ2) is 1.90. The molecule has 4 heteroatoms. The molecule has 0 spiro atoms. The zero-order valence-electron chi connectivity index (χ0n) is 3.92. The lowest BCUT2D eigenvalue weighted by atomic mass is 10.5. The number of hydrogen-bond acceptors (Lipinski definition) is 3. The summed E-state index contributed by atoms with van der Waals surface area (Å²) < 4.78 is 19.2. The molecule has 1 saturated heterocycles. The highest BCUT2D eigenvalue weighted by Gasteiger charge is 2.17. The Bertz CT molecular complexity index is 92.2. The lowest BCUT2D eigenvalue weighted by molar-refractivity contribution is 0.262. The van der Waals surface area contributed by atoms with Gasteiger partial charge in [0.25, 0.3) is 0 Å². The SMILES string of the molecule is C[C@@H]1COS(=O)O1. The third kappa shape index (κ3) is 1.22. The summed E-state index contributed by atoms with van der Waals surface area (Å²) in [6.07, 6.45) is 0.000772. The van der Waals surface area contributed by atoms with E-state index in [0.29, 0.717) is 6.61 Å². The van der Waals surface area contributed by atoms with E-state index in [-0.39, 0.29) is 6.10 Å². The van der Waals surface area contributed by atoms with Crippen LogP contribution >= 0.6 is 0 Å². The minimum Gasteiger partial charge on any atom is -0.266 e. The smallest absolute Gasteiger partial charge is 0.266 e. The van der Waals surface area contributed by atoms with Gasteiger partial charge in [-0.25, -0.2) is 0 Å². The van der Waals surface area contributed by atoms with E-state index < -0.39 is 11.4 Å². The monoisotopic (exact) mass is 122 g/mol. The van der Waals surface area contributed by atoms with Gasteiger partial charge in [-0.1, -0.05) is 0 Å². The Morgan fingerprint density at radius 2 is 2.57 bits per heavy atom. The van der Waals surface area contributed by atoms with Gasteiger partial charge in [0.15, 0.2) is 0 Å². The molecule has 0 radical (unpaired) electrons. The quantitative estimate of drug-likeness (QED) is 0.453. The summed E-state index contributed by atoms with van der Waals surface area (Å²) in [4.78, 5) is 0. The van der Waals surface area contributed by atoms with Gasteiger partial charge in [-0.05, 0) is 6.92 Å². The van der Waals surface area contributed by atoms with Crippen molar-refractivity contribution < 1.29 is 12.6 Å². The summed E-state index contributed by atoms with van der Waals surface area (Å²) in [5.74, 6) is 0. The highest BCUT2D eigenvalue weighted by molar-refractivity contribution is 7.75. The molecule has 1 rings (SSSR count). The average molecular weight is 122 g/mol. The summed E-state index contributed by atoms with van der Waals surface area (Å²) in [6.45, 7) is 2.26. The van der Waals surface area contributed by atoms with Crippen LogP contribution < -0.4 is 0 Å². The minimum absolute atomic E-state index is 0.000772. The van der Waals surface area contributed by atoms with Gasteiger partial charge in [-0.2, -0.15) is 4.21 Å². The van der Waals surface area contributed by atoms with Crippen LogP contribution in [0.4, 0.5) is 0 Å². The van der Waals surface area contributed by atoms with Crippen LogP contribution in [-0.2, 0) is 19.7 Å². The van der Waals surface area contributed by atoms with E-state index in [1.54, 1.807) is 0 Å². The molecule has 0 N–H and O–H groups in total. The van der Waals surface area contributed by atoms with E-state index in [9.17, 15) is 4.21 Å². The van der Waals surface area contributed by atoms with Gasteiger partial charge in [0.1, 0.15) is 0 Å². The van der Waals surface area contributed by atoms with Crippen LogP contribution in [0.2, 0.25) is 0 Å². The number of rotatable bonds is 0. The maximum Gasteiger partial charge on any atom is 0.305 e. The van der Waals surface area contributed by atoms with Crippen LogP contribution in [0, 0.1) is 0 Å². The summed E-state index contributed by atoms with van der Waals surface area (Å²) in [6, 6.07) is 0. The standard InChI is InChI=1S/C3H6O3S/c1-3-2-5-7(4)6-3/h3H,2H2,1H3/t3-,7?/m1/s1. The fraction of sp³-hybridized carbons (Fsp3) is 1.00. The first-order chi connectivity index (χ1) is 3.29. The van der Waals surface area contributed by atoms with Gasteiger partial charge in [0, 0.05) is 0 Å². The molecule has 0 bridgehead atoms. The second-order valence-corrected chi connectivity index (χ2v) is 2.23. The van der Waals surface area contributed by atoms with E-state index in [1.807, 2.05) is 6.92 Å². The highest BCUT2D eigenvalue weighted by atomic mass is 32.2. The van der Waals surface area contributed by atoms with E-state index in [1.165, 1.54) is 0 Å². The minimum atomic E-state index is -1.45. The van der Waals surface area contributed by atoms with Gasteiger partial charge in [0.05, 0.1) is 12.7 Å². The van der Waals surface area contributed by atoms with E-state index in [0.717, 1.165) is 0 Å². The fourth-order valence-electron chi connectivity index (χ4n) is 0.341. The molecule has 0 amide bonds. The largest absolute Gasteiger partial charge is 0.305 e. The van der Waals surface area contributed by atoms with Gasteiger partial charge < -0.3 is 0 Å². The molecular weight excluding hydrogens is 116 g/mol. The second-order valence-electron chi connectivity index (χ2n) is 1.40. The molecule has 7 heavy (non-hydrogen) atoms. The van der Waals surface area contributed by atoms with Crippen molar-refractivity contribution in [1.82, 2.24) is 0 Å². The van der Waals surface area contributed by atoms with Crippen molar-refractivity contribution in [2.45, 2.75) is 13.0 Å². The lowest BCUT2D eigenvalue weighted by Crippen LogP contribution is -2.00. The Morgan fingerprint density at radius 1 is 1.86 bits per heavy atom. The van der Waals surface area contributed by atoms with Crippen LogP contribution in [0.1, 0.15) is 6.92 Å². The van der Waals surface area contributed by atoms with Gasteiger partial charge >= 0.3 is 11.4 Å². The van der Waals surface area contributed by atoms with Crippen LogP contribution in [0.5, 0.6) is 0 Å². The average Bonchev–Trinajstić information content (AvgIpc) is 1.87. The van der Waals surface area contributed by atoms with Crippen molar-refractivity contribution >= 4 is 11.4 Å². The van der Waals surface area contributed by atoms with Crippen molar-refractivity contribution in [2.75, 3.05) is 6.61 Å². The molecule has 0 aromatic rings. The zero-order chi connectivity index (χ0) is 5.28. The first-order valence-electron chi connectivity index (χ1n) is 2.01. The van der Waals surface area contributed by atoms with Crippen LogP contribution in [0.25, 0.3) is 0 Å². The number of hydrogen-bond donors (Lipinski definition) is 0. The van der Waals surface area contributed by atoms with Gasteiger partial charge in [-0.3, -0.25) is 8.37 Å². The summed E-state index contributed by atoms with van der Waals surface area (Å²) >= 11 is -1.45. The first kappa shape index (κ1) is 5.21.